The van der Waals surface area contributed by atoms with Gasteiger partial charge in [0.1, 0.15) is 0 Å². The SMILES string of the molecule is CCN1CCOC(CNCCc2scnc2C)C1. The molecule has 0 saturated carbocycles. The Balaban J connectivity index is 1.62. The lowest BCUT2D eigenvalue weighted by Gasteiger charge is -2.32. The molecule has 1 fully saturated rings. The Hall–Kier alpha value is -0.490. The quantitative estimate of drug-likeness (QED) is 0.790. The topological polar surface area (TPSA) is 37.4 Å². The van der Waals surface area contributed by atoms with Crippen LogP contribution in [0, 0.1) is 6.92 Å². The molecule has 102 valence electrons. The average molecular weight is 269 g/mol. The van der Waals surface area contributed by atoms with Gasteiger partial charge in [0, 0.05) is 31.1 Å². The van der Waals surface area contributed by atoms with E-state index in [0.29, 0.717) is 6.10 Å². The van der Waals surface area contributed by atoms with E-state index >= 15 is 0 Å². The molecule has 0 spiro atoms. The molecule has 0 aromatic carbocycles. The number of thiazole rings is 1. The number of ether oxygens (including phenoxy) is 1. The normalized spacial score (nSPS) is 21.3. The van der Waals surface area contributed by atoms with E-state index in [9.17, 15) is 0 Å². The van der Waals surface area contributed by atoms with Crippen LogP contribution in [0.3, 0.4) is 0 Å². The lowest BCUT2D eigenvalue weighted by Crippen LogP contribution is -2.46. The van der Waals surface area contributed by atoms with E-state index in [4.69, 9.17) is 4.74 Å². The van der Waals surface area contributed by atoms with Gasteiger partial charge in [0.15, 0.2) is 0 Å². The predicted molar refractivity (Wildman–Crippen MR) is 75.3 cm³/mol. The minimum absolute atomic E-state index is 0.348. The molecule has 1 atom stereocenters. The Morgan fingerprint density at radius 1 is 1.61 bits per heavy atom. The van der Waals surface area contributed by atoms with E-state index < -0.39 is 0 Å². The number of hydrogen-bond donors (Lipinski definition) is 1. The number of nitrogens with zero attached hydrogens (tertiary/aromatic N) is 2. The van der Waals surface area contributed by atoms with Gasteiger partial charge in [-0.15, -0.1) is 11.3 Å². The maximum absolute atomic E-state index is 5.76. The molecule has 1 unspecified atom stereocenters. The first-order valence-corrected chi connectivity index (χ1v) is 7.61. The summed E-state index contributed by atoms with van der Waals surface area (Å²) in [5.74, 6) is 0. The van der Waals surface area contributed by atoms with Crippen LogP contribution in [0.5, 0.6) is 0 Å². The Morgan fingerprint density at radius 2 is 2.50 bits per heavy atom. The first-order chi connectivity index (χ1) is 8.79. The summed E-state index contributed by atoms with van der Waals surface area (Å²) < 4.78 is 5.76. The highest BCUT2D eigenvalue weighted by molar-refractivity contribution is 7.09. The molecule has 0 radical (unpaired) electrons. The fourth-order valence-corrected chi connectivity index (χ4v) is 3.00. The number of nitrogens with one attached hydrogen (secondary N) is 1. The van der Waals surface area contributed by atoms with Gasteiger partial charge < -0.3 is 10.1 Å². The Morgan fingerprint density at radius 3 is 3.22 bits per heavy atom. The molecular weight excluding hydrogens is 246 g/mol. The largest absolute Gasteiger partial charge is 0.374 e. The van der Waals surface area contributed by atoms with Crippen LogP contribution < -0.4 is 5.32 Å². The van der Waals surface area contributed by atoms with Crippen molar-refractivity contribution in [2.75, 3.05) is 39.3 Å². The van der Waals surface area contributed by atoms with Gasteiger partial charge in [-0.25, -0.2) is 4.98 Å². The third-order valence-electron chi connectivity index (χ3n) is 3.42. The van der Waals surface area contributed by atoms with Gasteiger partial charge in [0.2, 0.25) is 0 Å². The van der Waals surface area contributed by atoms with E-state index in [2.05, 4.69) is 29.0 Å². The van der Waals surface area contributed by atoms with Gasteiger partial charge >= 0.3 is 0 Å². The van der Waals surface area contributed by atoms with Crippen LogP contribution in [-0.2, 0) is 11.2 Å². The van der Waals surface area contributed by atoms with Crippen molar-refractivity contribution in [2.45, 2.75) is 26.4 Å². The number of aromatic nitrogens is 1. The third-order valence-corrected chi connectivity index (χ3v) is 4.41. The molecule has 0 amide bonds. The Labute approximate surface area is 113 Å². The van der Waals surface area contributed by atoms with Crippen molar-refractivity contribution in [1.82, 2.24) is 15.2 Å². The van der Waals surface area contributed by atoms with Gasteiger partial charge in [0.25, 0.3) is 0 Å². The van der Waals surface area contributed by atoms with Crippen molar-refractivity contribution in [3.05, 3.63) is 16.1 Å². The molecule has 2 rings (SSSR count). The van der Waals surface area contributed by atoms with E-state index in [-0.39, 0.29) is 0 Å². The van der Waals surface area contributed by atoms with Crippen molar-refractivity contribution in [1.29, 1.82) is 0 Å². The summed E-state index contributed by atoms with van der Waals surface area (Å²) in [6, 6.07) is 0. The average Bonchev–Trinajstić information content (AvgIpc) is 2.81. The zero-order valence-corrected chi connectivity index (χ0v) is 12.1. The minimum atomic E-state index is 0.348. The van der Waals surface area contributed by atoms with E-state index in [1.807, 2.05) is 5.51 Å². The number of aryl methyl sites for hydroxylation is 1. The highest BCUT2D eigenvalue weighted by Gasteiger charge is 2.18. The maximum atomic E-state index is 5.76. The molecule has 1 aliphatic rings. The molecule has 1 saturated heterocycles. The smallest absolute Gasteiger partial charge is 0.0826 e. The fourth-order valence-electron chi connectivity index (χ4n) is 2.22. The van der Waals surface area contributed by atoms with Crippen molar-refractivity contribution in [3.63, 3.8) is 0 Å². The summed E-state index contributed by atoms with van der Waals surface area (Å²) in [4.78, 5) is 8.10. The lowest BCUT2D eigenvalue weighted by molar-refractivity contribution is -0.0251. The monoisotopic (exact) mass is 269 g/mol. The highest BCUT2D eigenvalue weighted by Crippen LogP contribution is 2.12. The maximum Gasteiger partial charge on any atom is 0.0826 e. The Bertz CT molecular complexity index is 356. The zero-order valence-electron chi connectivity index (χ0n) is 11.3. The van der Waals surface area contributed by atoms with Crippen molar-refractivity contribution >= 4 is 11.3 Å². The third kappa shape index (κ3) is 4.02. The summed E-state index contributed by atoms with van der Waals surface area (Å²) in [5, 5.41) is 3.49. The predicted octanol–water partition coefficient (Wildman–Crippen LogP) is 1.30. The van der Waals surface area contributed by atoms with E-state index in [1.165, 1.54) is 10.6 Å². The first kappa shape index (κ1) is 13.9. The molecule has 5 heteroatoms. The number of likely N-dealkylation sites (N-methyl/N-ethyl adjacent to an activating group) is 1. The number of hydrogen-bond acceptors (Lipinski definition) is 5. The molecule has 4 nitrogen and oxygen atoms in total. The molecule has 1 aromatic rings. The standard InChI is InChI=1S/C13H23N3OS/c1-3-16-6-7-17-12(9-16)8-14-5-4-13-11(2)15-10-18-13/h10,12,14H,3-9H2,1-2H3. The lowest BCUT2D eigenvalue weighted by atomic mass is 10.2. The molecule has 2 heterocycles. The van der Waals surface area contributed by atoms with Gasteiger partial charge in [-0.2, -0.15) is 0 Å². The van der Waals surface area contributed by atoms with Gasteiger partial charge in [-0.3, -0.25) is 4.90 Å². The molecule has 18 heavy (non-hydrogen) atoms. The fraction of sp³-hybridized carbons (Fsp3) is 0.769. The highest BCUT2D eigenvalue weighted by atomic mass is 32.1. The molecule has 1 N–H and O–H groups in total. The molecular formula is C13H23N3OS. The Kier molecular flexibility index (Phi) is 5.56. The second kappa shape index (κ2) is 7.19. The minimum Gasteiger partial charge on any atom is -0.374 e. The molecule has 0 aliphatic carbocycles. The molecule has 1 aliphatic heterocycles. The van der Waals surface area contributed by atoms with Crippen molar-refractivity contribution < 1.29 is 4.74 Å². The summed E-state index contributed by atoms with van der Waals surface area (Å²) in [6.07, 6.45) is 1.42. The van der Waals surface area contributed by atoms with Crippen LogP contribution >= 0.6 is 11.3 Å². The summed E-state index contributed by atoms with van der Waals surface area (Å²) in [5.41, 5.74) is 3.10. The van der Waals surface area contributed by atoms with Crippen LogP contribution in [0.2, 0.25) is 0 Å². The summed E-state index contributed by atoms with van der Waals surface area (Å²) >= 11 is 1.75. The molecule has 0 bridgehead atoms. The first-order valence-electron chi connectivity index (χ1n) is 6.73. The number of rotatable bonds is 6. The van der Waals surface area contributed by atoms with Crippen LogP contribution in [-0.4, -0.2) is 55.3 Å². The van der Waals surface area contributed by atoms with Gasteiger partial charge in [-0.1, -0.05) is 6.92 Å². The summed E-state index contributed by atoms with van der Waals surface area (Å²) in [7, 11) is 0. The van der Waals surface area contributed by atoms with Crippen LogP contribution in [0.4, 0.5) is 0 Å². The van der Waals surface area contributed by atoms with Gasteiger partial charge in [-0.05, 0) is 19.9 Å². The van der Waals surface area contributed by atoms with E-state index in [0.717, 1.165) is 45.8 Å². The second-order valence-electron chi connectivity index (χ2n) is 4.70. The van der Waals surface area contributed by atoms with E-state index in [1.54, 1.807) is 11.3 Å². The van der Waals surface area contributed by atoms with Crippen molar-refractivity contribution in [2.24, 2.45) is 0 Å². The van der Waals surface area contributed by atoms with Crippen LogP contribution in [0.1, 0.15) is 17.5 Å². The molecule has 1 aromatic heterocycles. The zero-order chi connectivity index (χ0) is 12.8. The van der Waals surface area contributed by atoms with Gasteiger partial charge in [0.05, 0.1) is 23.9 Å². The van der Waals surface area contributed by atoms with Crippen LogP contribution in [0.25, 0.3) is 0 Å². The van der Waals surface area contributed by atoms with Crippen molar-refractivity contribution in [3.8, 4) is 0 Å². The number of morpholine rings is 1. The second-order valence-corrected chi connectivity index (χ2v) is 5.64. The van der Waals surface area contributed by atoms with Crippen LogP contribution in [0.15, 0.2) is 5.51 Å². The summed E-state index contributed by atoms with van der Waals surface area (Å²) in [6.45, 7) is 10.4.